The summed E-state index contributed by atoms with van der Waals surface area (Å²) in [6.07, 6.45) is 0. The summed E-state index contributed by atoms with van der Waals surface area (Å²) in [5.41, 5.74) is 5.14. The first kappa shape index (κ1) is 21.1. The first-order valence-corrected chi connectivity index (χ1v) is 10.5. The maximum absolute atomic E-state index is 12.2. The molecule has 3 rings (SSSR count). The normalized spacial score (nSPS) is 11.4. The second kappa shape index (κ2) is 9.71. The number of rotatable bonds is 7. The standard InChI is InChI=1S/C20H20BrN5O2S/c1-13(14-8-10-15(28-3)11-9-14)22-23-18(27)12-29-20-25-24-19(26(20)2)16-6-4-5-7-17(16)21/h4-11H,12H2,1-3H3,(H,23,27)/b22-13-. The average molecular weight is 474 g/mol. The van der Waals surface area contributed by atoms with Crippen molar-refractivity contribution in [1.82, 2.24) is 20.2 Å². The van der Waals surface area contributed by atoms with Gasteiger partial charge in [0.25, 0.3) is 5.91 Å². The summed E-state index contributed by atoms with van der Waals surface area (Å²) in [5, 5.41) is 13.3. The maximum atomic E-state index is 12.2. The highest BCUT2D eigenvalue weighted by atomic mass is 79.9. The second-order valence-electron chi connectivity index (χ2n) is 6.09. The van der Waals surface area contributed by atoms with Crippen LogP contribution in [-0.4, -0.2) is 39.2 Å². The van der Waals surface area contributed by atoms with Crippen molar-refractivity contribution >= 4 is 39.3 Å². The van der Waals surface area contributed by atoms with Crippen LogP contribution in [0.25, 0.3) is 11.4 Å². The molecule has 1 heterocycles. The molecule has 2 aromatic carbocycles. The van der Waals surface area contributed by atoms with Crippen LogP contribution >= 0.6 is 27.7 Å². The van der Waals surface area contributed by atoms with E-state index in [2.05, 4.69) is 36.7 Å². The lowest BCUT2D eigenvalue weighted by molar-refractivity contribution is -0.118. The number of aromatic nitrogens is 3. The number of hydrogen-bond donors (Lipinski definition) is 1. The van der Waals surface area contributed by atoms with Gasteiger partial charge in [-0.3, -0.25) is 4.79 Å². The lowest BCUT2D eigenvalue weighted by Gasteiger charge is -2.06. The van der Waals surface area contributed by atoms with Crippen LogP contribution in [0.2, 0.25) is 0 Å². The van der Waals surface area contributed by atoms with Crippen LogP contribution < -0.4 is 10.2 Å². The number of benzene rings is 2. The van der Waals surface area contributed by atoms with Gasteiger partial charge in [-0.25, -0.2) is 5.43 Å². The van der Waals surface area contributed by atoms with Crippen LogP contribution in [0.4, 0.5) is 0 Å². The van der Waals surface area contributed by atoms with E-state index in [9.17, 15) is 4.79 Å². The molecule has 0 aliphatic carbocycles. The minimum atomic E-state index is -0.215. The number of amides is 1. The van der Waals surface area contributed by atoms with Crippen LogP contribution in [0.5, 0.6) is 5.75 Å². The van der Waals surface area contributed by atoms with E-state index in [1.165, 1.54) is 11.8 Å². The van der Waals surface area contributed by atoms with Crippen LogP contribution in [0, 0.1) is 0 Å². The largest absolute Gasteiger partial charge is 0.497 e. The van der Waals surface area contributed by atoms with Gasteiger partial charge in [-0.15, -0.1) is 10.2 Å². The highest BCUT2D eigenvalue weighted by Gasteiger charge is 2.14. The zero-order valence-corrected chi connectivity index (χ0v) is 18.6. The molecule has 29 heavy (non-hydrogen) atoms. The van der Waals surface area contributed by atoms with Gasteiger partial charge in [-0.1, -0.05) is 45.9 Å². The number of methoxy groups -OCH3 is 1. The van der Waals surface area contributed by atoms with Gasteiger partial charge in [-0.2, -0.15) is 5.10 Å². The van der Waals surface area contributed by atoms with E-state index in [1.54, 1.807) is 7.11 Å². The Morgan fingerprint density at radius 1 is 1.21 bits per heavy atom. The number of ether oxygens (including phenoxy) is 1. The first-order chi connectivity index (χ1) is 14.0. The van der Waals surface area contributed by atoms with Gasteiger partial charge in [0.1, 0.15) is 5.75 Å². The summed E-state index contributed by atoms with van der Waals surface area (Å²) in [7, 11) is 3.49. The van der Waals surface area contributed by atoms with E-state index < -0.39 is 0 Å². The van der Waals surface area contributed by atoms with Crippen molar-refractivity contribution in [2.75, 3.05) is 12.9 Å². The van der Waals surface area contributed by atoms with E-state index in [0.29, 0.717) is 10.9 Å². The fraction of sp³-hybridized carbons (Fsp3) is 0.200. The summed E-state index contributed by atoms with van der Waals surface area (Å²) in [4.78, 5) is 12.2. The molecule has 0 aliphatic rings. The van der Waals surface area contributed by atoms with Gasteiger partial charge in [0.15, 0.2) is 11.0 Å². The van der Waals surface area contributed by atoms with Gasteiger partial charge < -0.3 is 9.30 Å². The Hall–Kier alpha value is -2.65. The van der Waals surface area contributed by atoms with Crippen molar-refractivity contribution in [2.45, 2.75) is 12.1 Å². The van der Waals surface area contributed by atoms with Gasteiger partial charge in [0.2, 0.25) is 0 Å². The van der Waals surface area contributed by atoms with E-state index in [4.69, 9.17) is 4.74 Å². The molecule has 0 aliphatic heterocycles. The van der Waals surface area contributed by atoms with Crippen molar-refractivity contribution in [3.8, 4) is 17.1 Å². The van der Waals surface area contributed by atoms with Crippen molar-refractivity contribution in [2.24, 2.45) is 12.1 Å². The van der Waals surface area contributed by atoms with Crippen LogP contribution in [0.3, 0.4) is 0 Å². The Labute approximate surface area is 181 Å². The summed E-state index contributed by atoms with van der Waals surface area (Å²) in [5.74, 6) is 1.47. The average Bonchev–Trinajstić information content (AvgIpc) is 3.11. The summed E-state index contributed by atoms with van der Waals surface area (Å²) >= 11 is 4.83. The Balaban J connectivity index is 1.59. The number of thioether (sulfide) groups is 1. The molecule has 0 spiro atoms. The monoisotopic (exact) mass is 473 g/mol. The van der Waals surface area contributed by atoms with Gasteiger partial charge in [0, 0.05) is 17.1 Å². The molecule has 0 fully saturated rings. The number of nitrogens with one attached hydrogen (secondary N) is 1. The fourth-order valence-corrected chi connectivity index (χ4v) is 3.69. The van der Waals surface area contributed by atoms with Crippen molar-refractivity contribution in [1.29, 1.82) is 0 Å². The smallest absolute Gasteiger partial charge is 0.250 e. The van der Waals surface area contributed by atoms with Crippen LogP contribution in [0.1, 0.15) is 12.5 Å². The summed E-state index contributed by atoms with van der Waals surface area (Å²) in [6.45, 7) is 1.84. The molecule has 1 N–H and O–H groups in total. The van der Waals surface area contributed by atoms with Crippen molar-refractivity contribution in [3.05, 3.63) is 58.6 Å². The van der Waals surface area contributed by atoms with Crippen molar-refractivity contribution < 1.29 is 9.53 Å². The number of carbonyl (C=O) groups excluding carboxylic acids is 1. The number of carbonyl (C=O) groups is 1. The molecule has 150 valence electrons. The predicted molar refractivity (Wildman–Crippen MR) is 118 cm³/mol. The minimum absolute atomic E-state index is 0.182. The number of hydrogen-bond acceptors (Lipinski definition) is 6. The molecule has 9 heteroatoms. The summed E-state index contributed by atoms with van der Waals surface area (Å²) in [6, 6.07) is 15.3. The quantitative estimate of drug-likeness (QED) is 0.319. The highest BCUT2D eigenvalue weighted by molar-refractivity contribution is 9.10. The van der Waals surface area contributed by atoms with E-state index >= 15 is 0 Å². The van der Waals surface area contributed by atoms with E-state index in [1.807, 2.05) is 67.1 Å². The third-order valence-electron chi connectivity index (χ3n) is 4.14. The number of nitrogens with zero attached hydrogens (tertiary/aromatic N) is 4. The van der Waals surface area contributed by atoms with Crippen LogP contribution in [-0.2, 0) is 11.8 Å². The van der Waals surface area contributed by atoms with Gasteiger partial charge >= 0.3 is 0 Å². The SMILES string of the molecule is COc1ccc(/C(C)=N\NC(=O)CSc2nnc(-c3ccccc3Br)n2C)cc1. The lowest BCUT2D eigenvalue weighted by atomic mass is 10.1. The molecular formula is C20H20BrN5O2S. The van der Waals surface area contributed by atoms with Gasteiger partial charge in [0.05, 0.1) is 18.6 Å². The molecule has 0 atom stereocenters. The molecule has 0 unspecified atom stereocenters. The Kier molecular flexibility index (Phi) is 7.05. The summed E-state index contributed by atoms with van der Waals surface area (Å²) < 4.78 is 7.94. The molecular weight excluding hydrogens is 454 g/mol. The predicted octanol–water partition coefficient (Wildman–Crippen LogP) is 3.89. The fourth-order valence-electron chi connectivity index (χ4n) is 2.52. The maximum Gasteiger partial charge on any atom is 0.250 e. The van der Waals surface area contributed by atoms with Crippen LogP contribution in [0.15, 0.2) is 63.3 Å². The topological polar surface area (TPSA) is 81.4 Å². The van der Waals surface area contributed by atoms with Crippen molar-refractivity contribution in [3.63, 3.8) is 0 Å². The molecule has 0 radical (unpaired) electrons. The molecule has 1 aromatic heterocycles. The molecule has 7 nitrogen and oxygen atoms in total. The highest BCUT2D eigenvalue weighted by Crippen LogP contribution is 2.28. The number of halogens is 1. The molecule has 0 saturated heterocycles. The van der Waals surface area contributed by atoms with E-state index in [0.717, 1.165) is 27.2 Å². The third kappa shape index (κ3) is 5.24. The zero-order valence-electron chi connectivity index (χ0n) is 16.2. The Bertz CT molecular complexity index is 1030. The second-order valence-corrected chi connectivity index (χ2v) is 7.89. The zero-order chi connectivity index (χ0) is 20.8. The first-order valence-electron chi connectivity index (χ1n) is 8.74. The Morgan fingerprint density at radius 3 is 2.62 bits per heavy atom. The molecule has 3 aromatic rings. The lowest BCUT2D eigenvalue weighted by Crippen LogP contribution is -2.21. The van der Waals surface area contributed by atoms with Gasteiger partial charge in [-0.05, 0) is 42.8 Å². The number of hydrazone groups is 1. The molecule has 0 saturated carbocycles. The molecule has 0 bridgehead atoms. The Morgan fingerprint density at radius 2 is 1.93 bits per heavy atom. The third-order valence-corrected chi connectivity index (χ3v) is 5.85. The molecule has 1 amide bonds. The minimum Gasteiger partial charge on any atom is -0.497 e. The van der Waals surface area contributed by atoms with E-state index in [-0.39, 0.29) is 11.7 Å².